The molecule has 4 nitrogen and oxygen atoms in total. The van der Waals surface area contributed by atoms with Crippen molar-refractivity contribution in [1.82, 2.24) is 0 Å². The van der Waals surface area contributed by atoms with E-state index in [0.29, 0.717) is 0 Å². The predicted octanol–water partition coefficient (Wildman–Crippen LogP) is -3.57. The molecule has 0 bridgehead atoms. The molecule has 0 unspecified atom stereocenters. The molecule has 0 saturated heterocycles. The van der Waals surface area contributed by atoms with Crippen LogP contribution >= 0.6 is 7.82 Å². The summed E-state index contributed by atoms with van der Waals surface area (Å²) in [7, 11) is -4.64. The Kier molecular flexibility index (Phi) is 23.8. The maximum absolute atomic E-state index is 8.88. The van der Waals surface area contributed by atoms with Crippen molar-refractivity contribution in [1.29, 1.82) is 0 Å². The second kappa shape index (κ2) is 8.37. The van der Waals surface area contributed by atoms with E-state index in [9.17, 15) is 0 Å². The molecule has 0 heterocycles. The molecule has 3 N–H and O–H groups in total. The zero-order valence-corrected chi connectivity index (χ0v) is 4.47. The van der Waals surface area contributed by atoms with Crippen molar-refractivity contribution in [3.63, 3.8) is 0 Å². The number of rotatable bonds is 0. The molecule has 0 aliphatic heterocycles. The predicted molar refractivity (Wildman–Crippen MR) is 35.5 cm³/mol. The van der Waals surface area contributed by atoms with Crippen LogP contribution in [0.4, 0.5) is 0 Å². The van der Waals surface area contributed by atoms with Gasteiger partial charge in [0.1, 0.15) is 0 Å². The number of hydrogen-bond donors (Lipinski definition) is 3. The summed E-state index contributed by atoms with van der Waals surface area (Å²) in [5, 5.41) is 0. The van der Waals surface area contributed by atoms with Gasteiger partial charge in [0.25, 0.3) is 0 Å². The standard InChI is InChI=1S/Al.Co.H3O4P.H4Si.3H/c;;1-5(2,3)4;;;;/h;;(H3,1,2,3,4);1H4;;;. The van der Waals surface area contributed by atoms with Gasteiger partial charge in [0, 0.05) is 16.8 Å². The quantitative estimate of drug-likeness (QED) is 0.291. The van der Waals surface area contributed by atoms with Gasteiger partial charge in [-0.2, -0.15) is 0 Å². The van der Waals surface area contributed by atoms with Crippen LogP contribution in [-0.4, -0.2) is 43.0 Å². The fourth-order valence-corrected chi connectivity index (χ4v) is 0. The van der Waals surface area contributed by atoms with Crippen molar-refractivity contribution in [2.75, 3.05) is 0 Å². The van der Waals surface area contributed by atoms with E-state index in [4.69, 9.17) is 19.2 Å². The van der Waals surface area contributed by atoms with Gasteiger partial charge >= 0.3 is 7.82 Å². The van der Waals surface area contributed by atoms with Crippen LogP contribution < -0.4 is 0 Å². The van der Waals surface area contributed by atoms with E-state index >= 15 is 0 Å². The van der Waals surface area contributed by atoms with Crippen molar-refractivity contribution in [2.45, 2.75) is 0 Å². The van der Waals surface area contributed by atoms with Crippen molar-refractivity contribution < 1.29 is 36.0 Å². The third kappa shape index (κ3) is 160. The summed E-state index contributed by atoms with van der Waals surface area (Å²) in [6, 6.07) is 0. The Morgan fingerprint density at radius 3 is 1.12 bits per heavy atom. The van der Waals surface area contributed by atoms with Gasteiger partial charge in [0.2, 0.25) is 0 Å². The molecule has 0 aliphatic rings. The van der Waals surface area contributed by atoms with Gasteiger partial charge in [-0.05, 0) is 11.0 Å². The fraction of sp³-hybridized carbons (Fsp3) is 0. The molecule has 0 aliphatic carbocycles. The maximum Gasteiger partial charge on any atom is 0.466 e. The average Bonchev–Trinajstić information content (AvgIpc) is 0.722. The van der Waals surface area contributed by atoms with Crippen molar-refractivity contribution >= 4 is 36.1 Å². The molecule has 0 aromatic heterocycles. The summed E-state index contributed by atoms with van der Waals surface area (Å²) >= 11 is 0. The van der Waals surface area contributed by atoms with Gasteiger partial charge in [-0.15, -0.1) is 0 Å². The normalized spacial score (nSPS) is 7.38. The van der Waals surface area contributed by atoms with Crippen LogP contribution in [0.1, 0.15) is 0 Å². The van der Waals surface area contributed by atoms with Crippen LogP contribution in [0.15, 0.2) is 0 Å². The van der Waals surface area contributed by atoms with Gasteiger partial charge in [0.05, 0.1) is 0 Å². The molecule has 8 heavy (non-hydrogen) atoms. The summed E-state index contributed by atoms with van der Waals surface area (Å²) in [6.07, 6.45) is 0. The Bertz CT molecular complexity index is 62.2. The van der Waals surface area contributed by atoms with E-state index in [1.54, 1.807) is 0 Å². The van der Waals surface area contributed by atoms with Gasteiger partial charge in [0.15, 0.2) is 17.4 Å². The molecule has 0 aromatic carbocycles. The van der Waals surface area contributed by atoms with Crippen molar-refractivity contribution in [3.05, 3.63) is 0 Å². The first kappa shape index (κ1) is 22.8. The van der Waals surface area contributed by atoms with E-state index in [0.717, 1.165) is 0 Å². The Balaban J connectivity index is -0.0000000267. The summed E-state index contributed by atoms with van der Waals surface area (Å²) < 4.78 is 8.88. The van der Waals surface area contributed by atoms with Gasteiger partial charge in [-0.3, -0.25) is 0 Å². The average molecular weight is 219 g/mol. The van der Waals surface area contributed by atoms with E-state index in [1.807, 2.05) is 0 Å². The molecule has 0 fully saturated rings. The first-order valence-corrected chi connectivity index (χ1v) is 2.35. The zero-order chi connectivity index (χ0) is 4.50. The van der Waals surface area contributed by atoms with Crippen molar-refractivity contribution in [2.24, 2.45) is 0 Å². The van der Waals surface area contributed by atoms with Crippen LogP contribution in [0.5, 0.6) is 0 Å². The summed E-state index contributed by atoms with van der Waals surface area (Å²) in [5.74, 6) is 0. The first-order valence-electron chi connectivity index (χ1n) is 0.783. The summed E-state index contributed by atoms with van der Waals surface area (Å²) in [4.78, 5) is 21.6. The van der Waals surface area contributed by atoms with Crippen LogP contribution in [0.2, 0.25) is 0 Å². The maximum atomic E-state index is 8.88. The van der Waals surface area contributed by atoms with E-state index in [1.165, 1.54) is 0 Å². The number of phosphoric acid groups is 1. The van der Waals surface area contributed by atoms with Crippen molar-refractivity contribution in [3.8, 4) is 0 Å². The Morgan fingerprint density at radius 1 is 1.12 bits per heavy atom. The van der Waals surface area contributed by atoms with Crippen LogP contribution in [0.3, 0.4) is 0 Å². The number of hydrogen-bond acceptors (Lipinski definition) is 1. The second-order valence-electron chi connectivity index (χ2n) is 0.513. The van der Waals surface area contributed by atoms with Gasteiger partial charge < -0.3 is 14.7 Å². The summed E-state index contributed by atoms with van der Waals surface area (Å²) in [6.45, 7) is 0. The molecule has 8 heteroatoms. The minimum atomic E-state index is -4.64. The smallest absolute Gasteiger partial charge is 0.303 e. The molecule has 0 atom stereocenters. The first-order chi connectivity index (χ1) is 2.00. The van der Waals surface area contributed by atoms with Gasteiger partial charge in [-0.25, -0.2) is 4.57 Å². The third-order valence-electron chi connectivity index (χ3n) is 0. The van der Waals surface area contributed by atoms with Crippen LogP contribution in [-0.2, 0) is 21.3 Å². The Hall–Kier alpha value is 1.37. The second-order valence-corrected chi connectivity index (χ2v) is 1.54. The van der Waals surface area contributed by atoms with E-state index < -0.39 is 7.82 Å². The third-order valence-corrected chi connectivity index (χ3v) is 0. The largest absolute Gasteiger partial charge is 0.466 e. The molecule has 1 radical (unpaired) electrons. The van der Waals surface area contributed by atoms with Gasteiger partial charge in [-0.1, -0.05) is 0 Å². The molecule has 0 saturated carbocycles. The molecular weight excluding hydrogens is 209 g/mol. The van der Waals surface area contributed by atoms with Crippen LogP contribution in [0.25, 0.3) is 0 Å². The molecule has 0 spiro atoms. The molecular formula is H10AlCoO4PSi. The summed E-state index contributed by atoms with van der Waals surface area (Å²) in [5.41, 5.74) is 0. The molecule has 55 valence electrons. The molecule has 0 amide bonds. The van der Waals surface area contributed by atoms with E-state index in [2.05, 4.69) is 0 Å². The topological polar surface area (TPSA) is 77.8 Å². The fourth-order valence-electron chi connectivity index (χ4n) is 0. The SMILES string of the molecule is O=P(O)(O)O.[AlH3].[Co].[SiH4]. The Labute approximate surface area is 72.3 Å². The minimum Gasteiger partial charge on any atom is -0.303 e. The molecule has 0 aromatic rings. The minimum absolute atomic E-state index is 0. The zero-order valence-electron chi connectivity index (χ0n) is 2.53. The Morgan fingerprint density at radius 2 is 1.12 bits per heavy atom. The molecule has 0 rings (SSSR count). The van der Waals surface area contributed by atoms with E-state index in [-0.39, 0.29) is 45.1 Å². The van der Waals surface area contributed by atoms with Crippen LogP contribution in [0, 0.1) is 0 Å². The monoisotopic (exact) mass is 219 g/mol.